The third-order valence-electron chi connectivity index (χ3n) is 8.02. The molecule has 57 heavy (non-hydrogen) atoms. The highest BCUT2D eigenvalue weighted by Gasteiger charge is 2.27. The molecule has 0 radical (unpaired) electrons. The molecule has 10 nitrogen and oxygen atoms in total. The van der Waals surface area contributed by atoms with Crippen molar-refractivity contribution >= 4 is 19.8 Å². The lowest BCUT2D eigenvalue weighted by Gasteiger charge is -2.20. The first-order valence-corrected chi connectivity index (χ1v) is 22.4. The Hall–Kier alpha value is -3.37. The SMILES string of the molecule is CC/C=C/C=C/C=C/C=C/CCCCCCCC(=O)OC[C@H](COP(=O)(O)OC[C@@H](O)CO)OC(=O)CC/C=C/C/C=C/C/C=C/C/C=C/C/C=C/CCCCC. The van der Waals surface area contributed by atoms with E-state index in [1.807, 2.05) is 48.6 Å². The average Bonchev–Trinajstić information content (AvgIpc) is 3.20. The Labute approximate surface area is 344 Å². The van der Waals surface area contributed by atoms with E-state index in [2.05, 4.69) is 79.1 Å². The van der Waals surface area contributed by atoms with Gasteiger partial charge in [0.25, 0.3) is 0 Å². The highest BCUT2D eigenvalue weighted by Crippen LogP contribution is 2.43. The number of esters is 2. The fourth-order valence-corrected chi connectivity index (χ4v) is 5.60. The van der Waals surface area contributed by atoms with Gasteiger partial charge in [0.15, 0.2) is 6.10 Å². The Bertz CT molecular complexity index is 1310. The van der Waals surface area contributed by atoms with Crippen LogP contribution in [-0.2, 0) is 32.7 Å². The Kier molecular flexibility index (Phi) is 38.4. The van der Waals surface area contributed by atoms with E-state index in [1.54, 1.807) is 0 Å². The van der Waals surface area contributed by atoms with Gasteiger partial charge in [-0.15, -0.1) is 0 Å². The summed E-state index contributed by atoms with van der Waals surface area (Å²) >= 11 is 0. The van der Waals surface area contributed by atoms with E-state index in [0.29, 0.717) is 12.8 Å². The van der Waals surface area contributed by atoms with Crippen molar-refractivity contribution in [3.63, 3.8) is 0 Å². The molecule has 322 valence electrons. The molecule has 0 spiro atoms. The van der Waals surface area contributed by atoms with Gasteiger partial charge in [0.05, 0.1) is 19.8 Å². The van der Waals surface area contributed by atoms with Crippen molar-refractivity contribution in [2.24, 2.45) is 0 Å². The van der Waals surface area contributed by atoms with Gasteiger partial charge in [-0.3, -0.25) is 18.6 Å². The van der Waals surface area contributed by atoms with E-state index in [1.165, 1.54) is 25.7 Å². The number of ether oxygens (including phenoxy) is 2. The summed E-state index contributed by atoms with van der Waals surface area (Å²) in [5.74, 6) is -1.06. The summed E-state index contributed by atoms with van der Waals surface area (Å²) in [5, 5.41) is 18.3. The van der Waals surface area contributed by atoms with Crippen LogP contribution in [0.25, 0.3) is 0 Å². The topological polar surface area (TPSA) is 149 Å². The van der Waals surface area contributed by atoms with Gasteiger partial charge < -0.3 is 24.6 Å². The molecule has 1 unspecified atom stereocenters. The second-order valence-electron chi connectivity index (χ2n) is 13.4. The fraction of sp³-hybridized carbons (Fsp3) is 0.565. The van der Waals surface area contributed by atoms with E-state index < -0.39 is 51.8 Å². The summed E-state index contributed by atoms with van der Waals surface area (Å²) in [6.07, 6.45) is 50.7. The molecule has 0 saturated heterocycles. The van der Waals surface area contributed by atoms with Crippen molar-refractivity contribution < 1.29 is 47.8 Å². The van der Waals surface area contributed by atoms with Crippen molar-refractivity contribution in [3.8, 4) is 0 Å². The van der Waals surface area contributed by atoms with Crippen LogP contribution < -0.4 is 0 Å². The summed E-state index contributed by atoms with van der Waals surface area (Å²) in [7, 11) is -4.65. The normalized spacial score (nSPS) is 15.0. The Balaban J connectivity index is 4.52. The first kappa shape index (κ1) is 53.6. The number of allylic oxidation sites excluding steroid dienone is 18. The molecular weight excluding hydrogens is 743 g/mol. The number of phosphoric acid groups is 1. The number of phosphoric ester groups is 1. The molecule has 0 rings (SSSR count). The summed E-state index contributed by atoms with van der Waals surface area (Å²) in [6, 6.07) is 0. The molecule has 0 aromatic rings. The standard InChI is InChI=1S/C46H73O10P/c1-3-5-7-9-11-13-15-17-19-20-21-22-24-26-28-30-32-34-36-38-46(50)56-44(42-55-57(51,52)54-40-43(48)39-47)41-53-45(49)37-35-33-31-29-27-25-23-18-16-14-12-10-8-6-4-2/h6,8,10-14,16-19,21-23,26,28,32,34,43-44,47-48H,3-5,7,9,15,20,24-25,27,29-31,33,35-42H2,1-2H3,(H,51,52)/b8-6+,12-10+,13-11+,16-14+,19-17+,22-21+,23-18+,28-26+,34-32+/t43-,44+/m0/s1. The maximum Gasteiger partial charge on any atom is 0.472 e. The van der Waals surface area contributed by atoms with Crippen LogP contribution in [0.15, 0.2) is 109 Å². The van der Waals surface area contributed by atoms with Crippen LogP contribution >= 0.6 is 7.82 Å². The van der Waals surface area contributed by atoms with E-state index in [9.17, 15) is 24.2 Å². The Morgan fingerprint density at radius 2 is 1.07 bits per heavy atom. The molecule has 0 amide bonds. The van der Waals surface area contributed by atoms with Crippen LogP contribution in [0.3, 0.4) is 0 Å². The molecule has 11 heteroatoms. The van der Waals surface area contributed by atoms with Crippen molar-refractivity contribution in [1.29, 1.82) is 0 Å². The lowest BCUT2D eigenvalue weighted by molar-refractivity contribution is -0.161. The zero-order valence-electron chi connectivity index (χ0n) is 34.7. The molecule has 0 aliphatic rings. The number of aliphatic hydroxyl groups excluding tert-OH is 2. The van der Waals surface area contributed by atoms with Crippen LogP contribution in [0.4, 0.5) is 0 Å². The second-order valence-corrected chi connectivity index (χ2v) is 14.8. The summed E-state index contributed by atoms with van der Waals surface area (Å²) in [6.45, 7) is 2.07. The number of rotatable bonds is 37. The molecule has 0 aromatic heterocycles. The maximum atomic E-state index is 12.6. The summed E-state index contributed by atoms with van der Waals surface area (Å²) < 4.78 is 32.6. The lowest BCUT2D eigenvalue weighted by atomic mass is 10.1. The second kappa shape index (κ2) is 40.8. The first-order valence-electron chi connectivity index (χ1n) is 20.9. The van der Waals surface area contributed by atoms with E-state index >= 15 is 0 Å². The molecule has 0 heterocycles. The number of carbonyl (C=O) groups is 2. The van der Waals surface area contributed by atoms with Crippen molar-refractivity contribution in [2.45, 2.75) is 142 Å². The first-order chi connectivity index (χ1) is 27.7. The molecule has 0 aliphatic carbocycles. The zero-order valence-corrected chi connectivity index (χ0v) is 35.6. The van der Waals surface area contributed by atoms with Gasteiger partial charge in [-0.1, -0.05) is 155 Å². The predicted octanol–water partition coefficient (Wildman–Crippen LogP) is 11.0. The number of carbonyl (C=O) groups excluding carboxylic acids is 2. The Morgan fingerprint density at radius 3 is 1.68 bits per heavy atom. The predicted molar refractivity (Wildman–Crippen MR) is 232 cm³/mol. The van der Waals surface area contributed by atoms with Crippen LogP contribution in [-0.4, -0.2) is 65.7 Å². The average molecular weight is 817 g/mol. The van der Waals surface area contributed by atoms with E-state index in [-0.39, 0.29) is 19.4 Å². The van der Waals surface area contributed by atoms with Crippen molar-refractivity contribution in [2.75, 3.05) is 26.4 Å². The van der Waals surface area contributed by atoms with Gasteiger partial charge >= 0.3 is 19.8 Å². The maximum absolute atomic E-state index is 12.6. The summed E-state index contributed by atoms with van der Waals surface area (Å²) in [5.41, 5.74) is 0. The fourth-order valence-electron chi connectivity index (χ4n) is 4.81. The molecule has 3 N–H and O–H groups in total. The van der Waals surface area contributed by atoms with Crippen LogP contribution in [0.1, 0.15) is 129 Å². The molecule has 0 saturated carbocycles. The van der Waals surface area contributed by atoms with Gasteiger partial charge in [0.2, 0.25) is 0 Å². The monoisotopic (exact) mass is 816 g/mol. The molecular formula is C46H73O10P. The van der Waals surface area contributed by atoms with E-state index in [4.69, 9.17) is 19.1 Å². The van der Waals surface area contributed by atoms with Crippen LogP contribution in [0.5, 0.6) is 0 Å². The van der Waals surface area contributed by atoms with Gasteiger partial charge in [-0.25, -0.2) is 4.57 Å². The highest BCUT2D eigenvalue weighted by molar-refractivity contribution is 7.47. The van der Waals surface area contributed by atoms with Crippen molar-refractivity contribution in [3.05, 3.63) is 109 Å². The third-order valence-corrected chi connectivity index (χ3v) is 8.97. The largest absolute Gasteiger partial charge is 0.472 e. The van der Waals surface area contributed by atoms with Crippen molar-refractivity contribution in [1.82, 2.24) is 0 Å². The van der Waals surface area contributed by atoms with Gasteiger partial charge in [-0.05, 0) is 70.6 Å². The lowest BCUT2D eigenvalue weighted by Crippen LogP contribution is -2.29. The number of aliphatic hydroxyl groups is 2. The van der Waals surface area contributed by atoms with Crippen LogP contribution in [0, 0.1) is 0 Å². The minimum Gasteiger partial charge on any atom is -0.462 e. The van der Waals surface area contributed by atoms with Crippen LogP contribution in [0.2, 0.25) is 0 Å². The number of unbranched alkanes of at least 4 members (excludes halogenated alkanes) is 8. The quantitative estimate of drug-likeness (QED) is 0.0182. The minimum atomic E-state index is -4.65. The zero-order chi connectivity index (χ0) is 41.9. The molecule has 0 aliphatic heterocycles. The van der Waals surface area contributed by atoms with E-state index in [0.717, 1.165) is 64.2 Å². The minimum absolute atomic E-state index is 0.0479. The number of hydrogen-bond acceptors (Lipinski definition) is 9. The molecule has 0 aromatic carbocycles. The molecule has 3 atom stereocenters. The van der Waals surface area contributed by atoms with Gasteiger partial charge in [-0.2, -0.15) is 0 Å². The molecule has 0 bridgehead atoms. The Morgan fingerprint density at radius 1 is 0.561 bits per heavy atom. The summed E-state index contributed by atoms with van der Waals surface area (Å²) in [4.78, 5) is 34.9. The van der Waals surface area contributed by atoms with Gasteiger partial charge in [0, 0.05) is 12.8 Å². The third kappa shape index (κ3) is 40.6. The highest BCUT2D eigenvalue weighted by atomic mass is 31.2. The smallest absolute Gasteiger partial charge is 0.462 e. The molecule has 0 fully saturated rings. The van der Waals surface area contributed by atoms with Gasteiger partial charge in [0.1, 0.15) is 12.7 Å². The number of hydrogen-bond donors (Lipinski definition) is 3.